The molecule has 2 amide bonds. The van der Waals surface area contributed by atoms with Gasteiger partial charge < -0.3 is 37.1 Å². The molecule has 6 aromatic rings. The second-order valence-electron chi connectivity index (χ2n) is 11.8. The van der Waals surface area contributed by atoms with Crippen LogP contribution in [0, 0.1) is 27.2 Å². The van der Waals surface area contributed by atoms with Crippen molar-refractivity contribution in [1.29, 1.82) is 0 Å². The molecule has 19 nitrogen and oxygen atoms in total. The predicted molar refractivity (Wildman–Crippen MR) is 231 cm³/mol. The fraction of sp³-hybridized carbons (Fsp3) is 0.105. The number of carbonyl (C=O) groups is 2. The lowest BCUT2D eigenvalue weighted by atomic mass is 10.1. The Labute approximate surface area is 357 Å². The molecule has 0 bridgehead atoms. The monoisotopic (exact) mass is 876 g/mol. The highest BCUT2D eigenvalue weighted by Gasteiger charge is 2.16. The summed E-state index contributed by atoms with van der Waals surface area (Å²) >= 11 is 17.9. The number of aryl methyl sites for hydroxylation is 1. The van der Waals surface area contributed by atoms with Gasteiger partial charge >= 0.3 is 0 Å². The fourth-order valence-electron chi connectivity index (χ4n) is 4.84. The van der Waals surface area contributed by atoms with Crippen LogP contribution < -0.4 is 37.1 Å². The van der Waals surface area contributed by atoms with E-state index in [1.165, 1.54) is 62.9 Å². The molecule has 22 heteroatoms. The van der Waals surface area contributed by atoms with Gasteiger partial charge in [-0.1, -0.05) is 47.5 Å². The van der Waals surface area contributed by atoms with Gasteiger partial charge in [-0.25, -0.2) is 9.97 Å². The Morgan fingerprint density at radius 1 is 0.683 bits per heavy atom. The van der Waals surface area contributed by atoms with Gasteiger partial charge in [0.15, 0.2) is 11.6 Å². The van der Waals surface area contributed by atoms with Crippen molar-refractivity contribution < 1.29 is 24.2 Å². The Balaban J connectivity index is 0.000000224. The van der Waals surface area contributed by atoms with Gasteiger partial charge in [0.05, 0.1) is 63.6 Å². The number of para-hydroxylation sites is 2. The van der Waals surface area contributed by atoms with Crippen LogP contribution in [-0.2, 0) is 0 Å². The van der Waals surface area contributed by atoms with E-state index in [1.807, 2.05) is 0 Å². The van der Waals surface area contributed by atoms with Crippen LogP contribution in [0.15, 0.2) is 97.3 Å². The summed E-state index contributed by atoms with van der Waals surface area (Å²) in [5.74, 6) is 0.565. The van der Waals surface area contributed by atoms with Crippen LogP contribution in [0.3, 0.4) is 0 Å². The minimum Gasteiger partial charge on any atom is -0.494 e. The zero-order valence-corrected chi connectivity index (χ0v) is 34.3. The number of hydrogen-bond acceptors (Lipinski definition) is 15. The maximum absolute atomic E-state index is 12.1. The van der Waals surface area contributed by atoms with Gasteiger partial charge in [0.25, 0.3) is 23.2 Å². The lowest BCUT2D eigenvalue weighted by molar-refractivity contribution is -0.385. The summed E-state index contributed by atoms with van der Waals surface area (Å²) in [7, 11) is 4.50. The number of nitro groups is 2. The van der Waals surface area contributed by atoms with Crippen molar-refractivity contribution in [3.05, 3.63) is 150 Å². The molecule has 0 unspecified atom stereocenters. The lowest BCUT2D eigenvalue weighted by Gasteiger charge is -2.13. The number of halogens is 3. The number of amides is 2. The molecule has 4 aromatic carbocycles. The quantitative estimate of drug-likeness (QED) is 0.0309. The summed E-state index contributed by atoms with van der Waals surface area (Å²) in [6, 6.07) is 22.4. The smallest absolute Gasteiger partial charge is 0.273 e. The summed E-state index contributed by atoms with van der Waals surface area (Å²) in [4.78, 5) is 60.2. The molecule has 0 aliphatic carbocycles. The Kier molecular flexibility index (Phi) is 16.2. The number of hydrogen-bond donors (Lipinski definition) is 6. The predicted octanol–water partition coefficient (Wildman–Crippen LogP) is 8.27. The van der Waals surface area contributed by atoms with Gasteiger partial charge in [0.1, 0.15) is 15.8 Å². The van der Waals surface area contributed by atoms with Crippen molar-refractivity contribution in [1.82, 2.24) is 30.6 Å². The first-order valence-electron chi connectivity index (χ1n) is 17.1. The van der Waals surface area contributed by atoms with Crippen molar-refractivity contribution in [2.75, 3.05) is 42.9 Å². The van der Waals surface area contributed by atoms with Crippen molar-refractivity contribution in [2.24, 2.45) is 0 Å². The highest BCUT2D eigenvalue weighted by molar-refractivity contribution is 6.34. The Morgan fingerprint density at radius 2 is 1.18 bits per heavy atom. The highest BCUT2D eigenvalue weighted by Crippen LogP contribution is 2.32. The number of aromatic nitrogens is 4. The minimum absolute atomic E-state index is 0.0734. The molecular formula is C38H35Cl3N12O7. The van der Waals surface area contributed by atoms with Crippen LogP contribution in [0.2, 0.25) is 15.3 Å². The minimum atomic E-state index is -0.517. The highest BCUT2D eigenvalue weighted by atomic mass is 35.5. The zero-order chi connectivity index (χ0) is 43.9. The molecule has 0 fully saturated rings. The van der Waals surface area contributed by atoms with Crippen molar-refractivity contribution in [3.8, 4) is 5.75 Å². The summed E-state index contributed by atoms with van der Waals surface area (Å²) in [5, 5.41) is 35.9. The van der Waals surface area contributed by atoms with Crippen molar-refractivity contribution in [2.45, 2.75) is 6.92 Å². The van der Waals surface area contributed by atoms with Gasteiger partial charge in [-0.3, -0.25) is 29.8 Å². The number of carbonyl (C=O) groups excluding carboxylic acids is 2. The maximum atomic E-state index is 12.1. The molecule has 0 atom stereocenters. The van der Waals surface area contributed by atoms with Gasteiger partial charge in [-0.05, 0) is 60.5 Å². The molecular weight excluding hydrogens is 843 g/mol. The zero-order valence-electron chi connectivity index (χ0n) is 32.0. The summed E-state index contributed by atoms with van der Waals surface area (Å²) in [6.07, 6.45) is 2.78. The van der Waals surface area contributed by atoms with Gasteiger partial charge in [-0.2, -0.15) is 9.97 Å². The normalized spacial score (nSPS) is 10.1. The molecule has 0 radical (unpaired) electrons. The first kappa shape index (κ1) is 45.4. The number of benzene rings is 4. The topological polar surface area (TPSA) is 267 Å². The maximum Gasteiger partial charge on any atom is 0.273 e. The molecule has 2 aromatic heterocycles. The molecule has 0 aliphatic rings. The fourth-order valence-corrected chi connectivity index (χ4v) is 5.25. The summed E-state index contributed by atoms with van der Waals surface area (Å²) in [5.41, 5.74) is 9.18. The van der Waals surface area contributed by atoms with Crippen LogP contribution >= 0.6 is 34.8 Å². The number of nitrogen functional groups attached to an aromatic ring is 1. The first-order chi connectivity index (χ1) is 28.6. The Bertz CT molecular complexity index is 2530. The van der Waals surface area contributed by atoms with Crippen molar-refractivity contribution >= 4 is 98.3 Å². The number of nitrogens with one attached hydrogen (secondary N) is 5. The van der Waals surface area contributed by atoms with Crippen molar-refractivity contribution in [3.63, 3.8) is 0 Å². The SMILES string of the molecule is CNC(=O)c1ccccc1Nc1nc(Cl)ncc1Cl.CNC(=O)c1ccccc1Nc1nc(Nc2ccc([N+](=O)[O-])cc2OC)ncc1Cl.Cc1cc([N+](=O)[O-])ccc1N. The third-order valence-corrected chi connectivity index (χ3v) is 8.60. The number of nitrogens with two attached hydrogens (primary N) is 1. The summed E-state index contributed by atoms with van der Waals surface area (Å²) < 4.78 is 5.20. The van der Waals surface area contributed by atoms with Crippen LogP contribution in [0.4, 0.5) is 51.7 Å². The average Bonchev–Trinajstić information content (AvgIpc) is 3.24. The van der Waals surface area contributed by atoms with Crippen LogP contribution in [0.1, 0.15) is 26.3 Å². The van der Waals surface area contributed by atoms with Crippen LogP contribution in [-0.4, -0.2) is 62.8 Å². The van der Waals surface area contributed by atoms with E-state index in [-0.39, 0.29) is 51.0 Å². The second-order valence-corrected chi connectivity index (χ2v) is 12.9. The molecule has 0 aliphatic heterocycles. The van der Waals surface area contributed by atoms with Gasteiger partial charge in [0.2, 0.25) is 11.2 Å². The number of rotatable bonds is 11. The Hall–Kier alpha value is -7.35. The van der Waals surface area contributed by atoms with E-state index in [9.17, 15) is 29.8 Å². The lowest BCUT2D eigenvalue weighted by Crippen LogP contribution is -2.19. The van der Waals surface area contributed by atoms with E-state index in [0.717, 1.165) is 5.56 Å². The third kappa shape index (κ3) is 12.3. The van der Waals surface area contributed by atoms with Crippen LogP contribution in [0.25, 0.3) is 0 Å². The molecule has 7 N–H and O–H groups in total. The number of non-ortho nitro benzene ring substituents is 2. The van der Waals surface area contributed by atoms with E-state index < -0.39 is 9.85 Å². The Morgan fingerprint density at radius 3 is 1.70 bits per heavy atom. The number of ether oxygens (including phenoxy) is 1. The molecule has 60 heavy (non-hydrogen) atoms. The molecule has 310 valence electrons. The standard InChI is InChI=1S/C19H17ClN6O4.C12H10Cl2N4O.C7H8N2O2/c1-21-18(27)12-5-3-4-6-14(12)23-17-13(20)10-22-19(25-17)24-15-8-7-11(26(28)29)9-16(15)30-2;1-15-11(19)7-4-2-3-5-9(7)17-10-8(13)6-16-12(14)18-10;1-5-4-6(9(10)11)2-3-7(5)8/h3-10H,1-2H3,(H,21,27)(H2,22,23,24,25);2-6H,1H3,(H,15,19)(H,16,17,18);2-4H,8H2,1H3. The van der Waals surface area contributed by atoms with E-state index in [2.05, 4.69) is 46.5 Å². The van der Waals surface area contributed by atoms with E-state index in [0.29, 0.717) is 44.7 Å². The van der Waals surface area contributed by atoms with Gasteiger partial charge in [0, 0.05) is 38.0 Å². The number of nitrogens with zero attached hydrogens (tertiary/aromatic N) is 6. The molecule has 0 saturated carbocycles. The summed E-state index contributed by atoms with van der Waals surface area (Å²) in [6.45, 7) is 1.74. The largest absolute Gasteiger partial charge is 0.494 e. The molecule has 0 spiro atoms. The molecule has 0 saturated heterocycles. The van der Waals surface area contributed by atoms with E-state index in [1.54, 1.807) is 62.5 Å². The third-order valence-electron chi connectivity index (χ3n) is 7.87. The van der Waals surface area contributed by atoms with E-state index >= 15 is 0 Å². The average molecular weight is 878 g/mol. The van der Waals surface area contributed by atoms with E-state index in [4.69, 9.17) is 45.3 Å². The van der Waals surface area contributed by atoms with Crippen LogP contribution in [0.5, 0.6) is 5.75 Å². The molecule has 2 heterocycles. The first-order valence-corrected chi connectivity index (χ1v) is 18.3. The number of nitro benzene ring substituents is 2. The van der Waals surface area contributed by atoms with Gasteiger partial charge in [-0.15, -0.1) is 0 Å². The number of methoxy groups -OCH3 is 1. The number of anilines is 7. The molecule has 6 rings (SSSR count). The second kappa shape index (κ2) is 21.4.